The van der Waals surface area contributed by atoms with Crippen LogP contribution in [0.25, 0.3) is 0 Å². The zero-order chi connectivity index (χ0) is 17.6. The molecule has 1 N–H and O–H groups in total. The predicted molar refractivity (Wildman–Crippen MR) is 97.8 cm³/mol. The Balaban J connectivity index is 1.51. The number of aryl methyl sites for hydroxylation is 3. The molecule has 3 fully saturated rings. The molecule has 136 valence electrons. The van der Waals surface area contributed by atoms with Gasteiger partial charge in [0.2, 0.25) is 0 Å². The molecule has 1 aromatic heterocycles. The van der Waals surface area contributed by atoms with Crippen molar-refractivity contribution >= 4 is 11.7 Å². The van der Waals surface area contributed by atoms with E-state index in [2.05, 4.69) is 15.2 Å². The van der Waals surface area contributed by atoms with Gasteiger partial charge >= 0.3 is 6.03 Å². The lowest BCUT2D eigenvalue weighted by atomic mass is 9.54. The van der Waals surface area contributed by atoms with Crippen LogP contribution in [0.2, 0.25) is 0 Å². The predicted octanol–water partition coefficient (Wildman–Crippen LogP) is 3.82. The third-order valence-electron chi connectivity index (χ3n) is 6.53. The maximum absolute atomic E-state index is 13.0. The minimum absolute atomic E-state index is 0.0471. The summed E-state index contributed by atoms with van der Waals surface area (Å²) in [4.78, 5) is 19.6. The molecule has 4 rings (SSSR count). The van der Waals surface area contributed by atoms with Crippen molar-refractivity contribution in [2.24, 2.45) is 11.3 Å². The monoisotopic (exact) mass is 343 g/mol. The summed E-state index contributed by atoms with van der Waals surface area (Å²) in [6.45, 7) is 8.59. The van der Waals surface area contributed by atoms with Gasteiger partial charge in [-0.05, 0) is 64.0 Å². The van der Waals surface area contributed by atoms with E-state index in [4.69, 9.17) is 4.74 Å². The molecule has 1 aliphatic carbocycles. The number of carbonyl (C=O) groups excluding carboxylic acids is 1. The van der Waals surface area contributed by atoms with E-state index in [1.54, 1.807) is 0 Å². The summed E-state index contributed by atoms with van der Waals surface area (Å²) in [5.74, 6) is 0.590. The van der Waals surface area contributed by atoms with E-state index in [-0.39, 0.29) is 6.03 Å². The first-order chi connectivity index (χ1) is 12.0. The molecule has 0 bridgehead atoms. The molecule has 2 amide bonds. The van der Waals surface area contributed by atoms with Crippen LogP contribution in [0.1, 0.15) is 49.1 Å². The van der Waals surface area contributed by atoms with Crippen molar-refractivity contribution in [3.63, 3.8) is 0 Å². The Morgan fingerprint density at radius 1 is 1.28 bits per heavy atom. The number of nitrogens with one attached hydrogen (secondary N) is 1. The lowest BCUT2D eigenvalue weighted by molar-refractivity contribution is -0.135. The van der Waals surface area contributed by atoms with Gasteiger partial charge in [0.25, 0.3) is 0 Å². The van der Waals surface area contributed by atoms with Crippen molar-refractivity contribution in [3.8, 4) is 0 Å². The summed E-state index contributed by atoms with van der Waals surface area (Å²) in [6, 6.07) is 2.47. The van der Waals surface area contributed by atoms with Crippen LogP contribution in [-0.2, 0) is 4.74 Å². The SMILES string of the molecule is Cc1cc(C)c(NC(=O)N2CC3(CCC3)[C@H]2C2CCOCC2)c(C)n1. The number of urea groups is 1. The second-order valence-corrected chi connectivity index (χ2v) is 8.21. The number of likely N-dealkylation sites (tertiary alicyclic amines) is 1. The number of amides is 2. The lowest BCUT2D eigenvalue weighted by Gasteiger charge is -2.64. The number of anilines is 1. The number of pyridine rings is 1. The smallest absolute Gasteiger partial charge is 0.322 e. The highest BCUT2D eigenvalue weighted by atomic mass is 16.5. The number of hydrogen-bond donors (Lipinski definition) is 1. The summed E-state index contributed by atoms with van der Waals surface area (Å²) in [7, 11) is 0. The van der Waals surface area contributed by atoms with Gasteiger partial charge in [0.15, 0.2) is 0 Å². The fourth-order valence-electron chi connectivity index (χ4n) is 5.21. The molecule has 3 heterocycles. The quantitative estimate of drug-likeness (QED) is 0.888. The molecule has 1 aromatic rings. The highest BCUT2D eigenvalue weighted by Gasteiger charge is 2.59. The van der Waals surface area contributed by atoms with E-state index in [0.29, 0.717) is 17.4 Å². The van der Waals surface area contributed by atoms with Gasteiger partial charge in [-0.25, -0.2) is 4.79 Å². The van der Waals surface area contributed by atoms with Gasteiger partial charge in [0, 0.05) is 36.9 Å². The van der Waals surface area contributed by atoms with Gasteiger partial charge in [0.05, 0.1) is 11.4 Å². The maximum atomic E-state index is 13.0. The van der Waals surface area contributed by atoms with Crippen LogP contribution < -0.4 is 5.32 Å². The van der Waals surface area contributed by atoms with Crippen LogP contribution >= 0.6 is 0 Å². The molecule has 5 heteroatoms. The van der Waals surface area contributed by atoms with Crippen LogP contribution in [0.4, 0.5) is 10.5 Å². The largest absolute Gasteiger partial charge is 0.381 e. The first-order valence-electron chi connectivity index (χ1n) is 9.60. The minimum atomic E-state index is 0.0471. The van der Waals surface area contributed by atoms with Crippen molar-refractivity contribution < 1.29 is 9.53 Å². The van der Waals surface area contributed by atoms with E-state index in [9.17, 15) is 4.79 Å². The number of carbonyl (C=O) groups is 1. The number of nitrogens with zero attached hydrogens (tertiary/aromatic N) is 2. The average molecular weight is 343 g/mol. The minimum Gasteiger partial charge on any atom is -0.381 e. The molecule has 2 saturated heterocycles. The van der Waals surface area contributed by atoms with Gasteiger partial charge in [0.1, 0.15) is 0 Å². The lowest BCUT2D eigenvalue weighted by Crippen LogP contribution is -2.72. The zero-order valence-electron chi connectivity index (χ0n) is 15.6. The Morgan fingerprint density at radius 3 is 2.60 bits per heavy atom. The third-order valence-corrected chi connectivity index (χ3v) is 6.53. The van der Waals surface area contributed by atoms with Gasteiger partial charge < -0.3 is 15.0 Å². The van der Waals surface area contributed by atoms with Crippen molar-refractivity contribution in [1.82, 2.24) is 9.88 Å². The number of aromatic nitrogens is 1. The molecule has 0 radical (unpaired) electrons. The van der Waals surface area contributed by atoms with Crippen LogP contribution in [0.15, 0.2) is 6.07 Å². The molecular formula is C20H29N3O2. The highest BCUT2D eigenvalue weighted by molar-refractivity contribution is 5.91. The number of rotatable bonds is 2. The van der Waals surface area contributed by atoms with Crippen LogP contribution in [-0.4, -0.2) is 41.7 Å². The summed E-state index contributed by atoms with van der Waals surface area (Å²) in [5.41, 5.74) is 4.24. The van der Waals surface area contributed by atoms with Crippen molar-refractivity contribution in [2.45, 2.75) is 58.9 Å². The Kier molecular flexibility index (Phi) is 4.22. The second-order valence-electron chi connectivity index (χ2n) is 8.21. The fourth-order valence-corrected chi connectivity index (χ4v) is 5.21. The number of hydrogen-bond acceptors (Lipinski definition) is 3. The van der Waals surface area contributed by atoms with Crippen molar-refractivity contribution in [2.75, 3.05) is 25.1 Å². The summed E-state index contributed by atoms with van der Waals surface area (Å²) in [5, 5.41) is 3.16. The van der Waals surface area contributed by atoms with Gasteiger partial charge in [-0.1, -0.05) is 6.42 Å². The Bertz CT molecular complexity index is 655. The Hall–Kier alpha value is -1.62. The van der Waals surface area contributed by atoms with Gasteiger partial charge in [-0.3, -0.25) is 4.98 Å². The fraction of sp³-hybridized carbons (Fsp3) is 0.700. The molecule has 2 aliphatic heterocycles. The zero-order valence-corrected chi connectivity index (χ0v) is 15.6. The molecule has 25 heavy (non-hydrogen) atoms. The maximum Gasteiger partial charge on any atom is 0.322 e. The molecule has 1 atom stereocenters. The van der Waals surface area contributed by atoms with Gasteiger partial charge in [-0.2, -0.15) is 0 Å². The van der Waals surface area contributed by atoms with Crippen LogP contribution in [0.3, 0.4) is 0 Å². The molecule has 0 aromatic carbocycles. The van der Waals surface area contributed by atoms with Crippen LogP contribution in [0.5, 0.6) is 0 Å². The normalized spacial score (nSPS) is 25.4. The standard InChI is InChI=1S/C20H29N3O2/c1-13-11-14(2)21-15(3)17(13)22-19(24)23-12-20(7-4-8-20)18(23)16-5-9-25-10-6-16/h11,16,18H,4-10,12H2,1-3H3,(H,22,24)/t18-/m1/s1. The topological polar surface area (TPSA) is 54.5 Å². The summed E-state index contributed by atoms with van der Waals surface area (Å²) in [6.07, 6.45) is 6.04. The van der Waals surface area contributed by atoms with Gasteiger partial charge in [-0.15, -0.1) is 0 Å². The average Bonchev–Trinajstić information content (AvgIpc) is 2.49. The second kappa shape index (κ2) is 6.27. The molecule has 1 saturated carbocycles. The van der Waals surface area contributed by atoms with E-state index in [1.165, 1.54) is 19.3 Å². The van der Waals surface area contributed by atoms with Crippen molar-refractivity contribution in [1.29, 1.82) is 0 Å². The summed E-state index contributed by atoms with van der Waals surface area (Å²) >= 11 is 0. The Morgan fingerprint density at radius 2 is 2.00 bits per heavy atom. The summed E-state index contributed by atoms with van der Waals surface area (Å²) < 4.78 is 5.54. The molecule has 1 spiro atoms. The highest BCUT2D eigenvalue weighted by Crippen LogP contribution is 2.56. The van der Waals surface area contributed by atoms with E-state index in [1.807, 2.05) is 26.8 Å². The van der Waals surface area contributed by atoms with E-state index < -0.39 is 0 Å². The van der Waals surface area contributed by atoms with Crippen molar-refractivity contribution in [3.05, 3.63) is 23.0 Å². The van der Waals surface area contributed by atoms with E-state index >= 15 is 0 Å². The first kappa shape index (κ1) is 16.8. The first-order valence-corrected chi connectivity index (χ1v) is 9.60. The van der Waals surface area contributed by atoms with Crippen LogP contribution in [0, 0.1) is 32.1 Å². The number of ether oxygens (including phenoxy) is 1. The van der Waals surface area contributed by atoms with E-state index in [0.717, 1.165) is 55.2 Å². The molecule has 0 unspecified atom stereocenters. The third kappa shape index (κ3) is 2.82. The Labute approximate surface area is 150 Å². The molecule has 3 aliphatic rings. The molecule has 5 nitrogen and oxygen atoms in total. The molecular weight excluding hydrogens is 314 g/mol.